The summed E-state index contributed by atoms with van der Waals surface area (Å²) in [4.78, 5) is 0. The molecule has 0 aliphatic carbocycles. The largest absolute Gasteiger partial charge is 0.396 e. The molecular formula is C4H9O3Si. The lowest BCUT2D eigenvalue weighted by atomic mass is 10.2. The van der Waals surface area contributed by atoms with Crippen LogP contribution in [0.1, 0.15) is 0 Å². The molecular weight excluding hydrogens is 124 g/mol. The highest BCUT2D eigenvalue weighted by atomic mass is 28.1. The van der Waals surface area contributed by atoms with E-state index in [1.165, 1.54) is 0 Å². The molecule has 3 radical (unpaired) electrons. The SMILES string of the molecule is OCC([Si])(CO)CO. The minimum Gasteiger partial charge on any atom is -0.396 e. The van der Waals surface area contributed by atoms with Crippen molar-refractivity contribution >= 4 is 10.2 Å². The van der Waals surface area contributed by atoms with Gasteiger partial charge in [-0.1, -0.05) is 0 Å². The van der Waals surface area contributed by atoms with E-state index in [4.69, 9.17) is 15.3 Å². The summed E-state index contributed by atoms with van der Waals surface area (Å²) in [6.45, 7) is -0.801. The second kappa shape index (κ2) is 3.19. The van der Waals surface area contributed by atoms with Gasteiger partial charge in [0.2, 0.25) is 0 Å². The second-order valence-corrected chi connectivity index (χ2v) is 2.82. The summed E-state index contributed by atoms with van der Waals surface area (Å²) in [5.74, 6) is 0. The van der Waals surface area contributed by atoms with E-state index >= 15 is 0 Å². The smallest absolute Gasteiger partial charge is 0.0499 e. The Morgan fingerprint density at radius 3 is 1.25 bits per heavy atom. The molecule has 0 aromatic carbocycles. The molecule has 3 nitrogen and oxygen atoms in total. The highest BCUT2D eigenvalue weighted by Gasteiger charge is 2.20. The van der Waals surface area contributed by atoms with Gasteiger partial charge in [-0.3, -0.25) is 0 Å². The van der Waals surface area contributed by atoms with Gasteiger partial charge in [-0.25, -0.2) is 0 Å². The maximum absolute atomic E-state index is 8.42. The summed E-state index contributed by atoms with van der Waals surface area (Å²) in [5, 5.41) is 24.3. The molecule has 0 aliphatic rings. The number of aliphatic hydroxyl groups excluding tert-OH is 3. The maximum atomic E-state index is 8.42. The molecule has 0 aromatic rings. The molecule has 47 valence electrons. The normalized spacial score (nSPS) is 12.0. The topological polar surface area (TPSA) is 60.7 Å². The van der Waals surface area contributed by atoms with Gasteiger partial charge in [-0.05, 0) is 0 Å². The molecule has 0 heterocycles. The minimum absolute atomic E-state index is 0.267. The third kappa shape index (κ3) is 1.91. The molecule has 0 aromatic heterocycles. The average Bonchev–Trinajstić information content (AvgIpc) is 1.87. The molecule has 0 rings (SSSR count). The lowest BCUT2D eigenvalue weighted by molar-refractivity contribution is 0.110. The van der Waals surface area contributed by atoms with E-state index in [0.717, 1.165) is 0 Å². The van der Waals surface area contributed by atoms with E-state index in [9.17, 15) is 0 Å². The lowest BCUT2D eigenvalue weighted by Gasteiger charge is -2.19. The van der Waals surface area contributed by atoms with Crippen LogP contribution in [0.5, 0.6) is 0 Å². The fourth-order valence-electron chi connectivity index (χ4n) is 0.150. The maximum Gasteiger partial charge on any atom is 0.0499 e. The van der Waals surface area contributed by atoms with Crippen molar-refractivity contribution in [1.82, 2.24) is 0 Å². The van der Waals surface area contributed by atoms with Crippen LogP contribution in [0.15, 0.2) is 0 Å². The van der Waals surface area contributed by atoms with Crippen molar-refractivity contribution in [3.63, 3.8) is 0 Å². The highest BCUT2D eigenvalue weighted by molar-refractivity contribution is 6.15. The van der Waals surface area contributed by atoms with Gasteiger partial charge in [0.05, 0.1) is 0 Å². The first-order chi connectivity index (χ1) is 3.68. The van der Waals surface area contributed by atoms with Gasteiger partial charge >= 0.3 is 0 Å². The van der Waals surface area contributed by atoms with Gasteiger partial charge in [0.15, 0.2) is 0 Å². The van der Waals surface area contributed by atoms with Crippen LogP contribution in [0.25, 0.3) is 0 Å². The zero-order valence-corrected chi connectivity index (χ0v) is 5.46. The molecule has 0 atom stereocenters. The van der Waals surface area contributed by atoms with Gasteiger partial charge in [0.1, 0.15) is 0 Å². The van der Waals surface area contributed by atoms with Crippen molar-refractivity contribution in [1.29, 1.82) is 0 Å². The van der Waals surface area contributed by atoms with Gasteiger partial charge in [-0.15, -0.1) is 0 Å². The third-order valence-electron chi connectivity index (χ3n) is 0.908. The zero-order chi connectivity index (χ0) is 6.62. The van der Waals surface area contributed by atoms with Crippen molar-refractivity contribution in [2.75, 3.05) is 19.8 Å². The van der Waals surface area contributed by atoms with Crippen LogP contribution in [-0.4, -0.2) is 45.4 Å². The molecule has 3 N–H and O–H groups in total. The summed E-state index contributed by atoms with van der Waals surface area (Å²) in [5.41, 5.74) is 0. The number of aliphatic hydroxyl groups is 3. The van der Waals surface area contributed by atoms with Crippen LogP contribution in [0, 0.1) is 0 Å². The quantitative estimate of drug-likeness (QED) is 0.402. The molecule has 8 heavy (non-hydrogen) atoms. The summed E-state index contributed by atoms with van der Waals surface area (Å²) in [7, 11) is 2.98. The molecule has 0 aliphatic heterocycles. The van der Waals surface area contributed by atoms with Crippen molar-refractivity contribution in [2.24, 2.45) is 0 Å². The van der Waals surface area contributed by atoms with E-state index in [2.05, 4.69) is 10.2 Å². The Hall–Kier alpha value is 0.0969. The molecule has 0 saturated carbocycles. The number of hydrogen-bond donors (Lipinski definition) is 3. The predicted octanol–water partition coefficient (Wildman–Crippen LogP) is -1.71. The van der Waals surface area contributed by atoms with Gasteiger partial charge < -0.3 is 15.3 Å². The van der Waals surface area contributed by atoms with E-state index in [0.29, 0.717) is 0 Å². The molecule has 0 amide bonds. The number of rotatable bonds is 3. The van der Waals surface area contributed by atoms with Crippen LogP contribution >= 0.6 is 0 Å². The first-order valence-electron chi connectivity index (χ1n) is 2.26. The second-order valence-electron chi connectivity index (χ2n) is 1.75. The Morgan fingerprint density at radius 1 is 1.00 bits per heavy atom. The Kier molecular flexibility index (Phi) is 3.23. The van der Waals surface area contributed by atoms with Crippen LogP contribution in [0.2, 0.25) is 5.04 Å². The monoisotopic (exact) mass is 133 g/mol. The summed E-state index contributed by atoms with van der Waals surface area (Å²) >= 11 is 0. The summed E-state index contributed by atoms with van der Waals surface area (Å²) < 4.78 is 0. The van der Waals surface area contributed by atoms with Crippen molar-refractivity contribution in [2.45, 2.75) is 5.04 Å². The van der Waals surface area contributed by atoms with Crippen molar-refractivity contribution < 1.29 is 15.3 Å². The van der Waals surface area contributed by atoms with E-state index in [1.54, 1.807) is 0 Å². The minimum atomic E-state index is -0.903. The first kappa shape index (κ1) is 8.10. The Balaban J connectivity index is 3.58. The summed E-state index contributed by atoms with van der Waals surface area (Å²) in [6.07, 6.45) is 0. The molecule has 4 heteroatoms. The molecule has 0 spiro atoms. The van der Waals surface area contributed by atoms with Crippen LogP contribution in [-0.2, 0) is 0 Å². The zero-order valence-electron chi connectivity index (χ0n) is 4.46. The van der Waals surface area contributed by atoms with Crippen molar-refractivity contribution in [3.8, 4) is 0 Å². The van der Waals surface area contributed by atoms with Crippen LogP contribution < -0.4 is 0 Å². The molecule has 0 unspecified atom stereocenters. The fraction of sp³-hybridized carbons (Fsp3) is 1.00. The molecule has 0 bridgehead atoms. The molecule has 0 fully saturated rings. The summed E-state index contributed by atoms with van der Waals surface area (Å²) in [6, 6.07) is 0. The standard InChI is InChI=1S/C4H9O3Si/c5-1-4(8,2-6)3-7/h5-7H,1-3H2. The Bertz CT molecular complexity index is 54.0. The Labute approximate surface area is 51.4 Å². The third-order valence-corrected chi connectivity index (χ3v) is 1.38. The highest BCUT2D eigenvalue weighted by Crippen LogP contribution is 2.15. The van der Waals surface area contributed by atoms with Gasteiger partial charge in [-0.2, -0.15) is 0 Å². The lowest BCUT2D eigenvalue weighted by Crippen LogP contribution is -2.26. The van der Waals surface area contributed by atoms with Crippen molar-refractivity contribution in [3.05, 3.63) is 0 Å². The van der Waals surface area contributed by atoms with E-state index < -0.39 is 5.04 Å². The fourth-order valence-corrected chi connectivity index (χ4v) is 0.150. The van der Waals surface area contributed by atoms with Gasteiger partial charge in [0, 0.05) is 35.1 Å². The first-order valence-corrected chi connectivity index (χ1v) is 2.76. The van der Waals surface area contributed by atoms with E-state index in [-0.39, 0.29) is 19.8 Å². The Morgan fingerprint density at radius 2 is 1.25 bits per heavy atom. The van der Waals surface area contributed by atoms with Gasteiger partial charge in [0.25, 0.3) is 0 Å². The predicted molar refractivity (Wildman–Crippen MR) is 29.7 cm³/mol. The van der Waals surface area contributed by atoms with Crippen LogP contribution in [0.3, 0.4) is 0 Å². The molecule has 0 saturated heterocycles. The average molecular weight is 133 g/mol. The van der Waals surface area contributed by atoms with Crippen LogP contribution in [0.4, 0.5) is 0 Å². The van der Waals surface area contributed by atoms with E-state index in [1.807, 2.05) is 0 Å². The number of hydrogen-bond acceptors (Lipinski definition) is 3.